The lowest BCUT2D eigenvalue weighted by Gasteiger charge is -2.12. The van der Waals surface area contributed by atoms with Gasteiger partial charge in [-0.15, -0.1) is 0 Å². The number of fused-ring (bicyclic) bond motifs is 1. The summed E-state index contributed by atoms with van der Waals surface area (Å²) in [5.41, 5.74) is 2.88. The predicted octanol–water partition coefficient (Wildman–Crippen LogP) is 3.99. The zero-order valence-electron chi connectivity index (χ0n) is 16.3. The Morgan fingerprint density at radius 2 is 2.00 bits per heavy atom. The van der Waals surface area contributed by atoms with E-state index in [1.807, 2.05) is 37.3 Å². The van der Waals surface area contributed by atoms with Crippen LogP contribution >= 0.6 is 0 Å². The average molecular weight is 423 g/mol. The van der Waals surface area contributed by atoms with Gasteiger partial charge in [0.15, 0.2) is 5.82 Å². The summed E-state index contributed by atoms with van der Waals surface area (Å²) in [7, 11) is 0. The van der Waals surface area contributed by atoms with Crippen LogP contribution < -0.4 is 10.3 Å². The van der Waals surface area contributed by atoms with Gasteiger partial charge in [0.2, 0.25) is 5.82 Å². The fraction of sp³-hybridized carbons (Fsp3) is 0.136. The van der Waals surface area contributed by atoms with E-state index >= 15 is 0 Å². The number of halogens is 1. The van der Waals surface area contributed by atoms with Crippen molar-refractivity contribution in [2.45, 2.75) is 13.3 Å². The first kappa shape index (κ1) is 20.1. The second-order valence-corrected chi connectivity index (χ2v) is 7.90. The second kappa shape index (κ2) is 8.25. The Hall–Kier alpha value is -3.23. The number of benzene rings is 1. The van der Waals surface area contributed by atoms with Gasteiger partial charge in [0, 0.05) is 35.3 Å². The molecule has 0 fully saturated rings. The van der Waals surface area contributed by atoms with E-state index < -0.39 is 22.8 Å². The van der Waals surface area contributed by atoms with Gasteiger partial charge in [0.1, 0.15) is 11.8 Å². The molecular weight excluding hydrogens is 405 g/mol. The molecule has 6 nitrogen and oxygen atoms in total. The summed E-state index contributed by atoms with van der Waals surface area (Å²) in [6.07, 6.45) is 4.52. The molecule has 1 unspecified atom stereocenters. The van der Waals surface area contributed by atoms with Gasteiger partial charge in [-0.2, -0.15) is 4.72 Å². The number of pyridine rings is 2. The fourth-order valence-electron chi connectivity index (χ4n) is 3.31. The van der Waals surface area contributed by atoms with Crippen molar-refractivity contribution in [3.8, 4) is 11.3 Å². The summed E-state index contributed by atoms with van der Waals surface area (Å²) in [5, 5.41) is 0.770. The molecule has 30 heavy (non-hydrogen) atoms. The number of nitrogens with one attached hydrogen (secondary N) is 1. The molecule has 3 heterocycles. The largest absolute Gasteiger partial charge is 0.593 e. The number of nitrogens with zero attached hydrogens (tertiary/aromatic N) is 2. The Bertz CT molecular complexity index is 1280. The minimum atomic E-state index is -1.46. The van der Waals surface area contributed by atoms with Crippen molar-refractivity contribution in [1.29, 1.82) is 0 Å². The van der Waals surface area contributed by atoms with E-state index in [4.69, 9.17) is 4.42 Å². The number of aromatic nitrogens is 2. The van der Waals surface area contributed by atoms with Crippen molar-refractivity contribution in [2.24, 2.45) is 0 Å². The molecule has 0 spiro atoms. The first-order valence-corrected chi connectivity index (χ1v) is 10.7. The number of rotatable bonds is 5. The second-order valence-electron chi connectivity index (χ2n) is 6.78. The van der Waals surface area contributed by atoms with E-state index in [9.17, 15) is 13.7 Å². The first-order chi connectivity index (χ1) is 14.4. The van der Waals surface area contributed by atoms with Crippen LogP contribution in [0.4, 0.5) is 10.2 Å². The molecule has 0 aliphatic heterocycles. The first-order valence-electron chi connectivity index (χ1n) is 9.15. The molecule has 1 aromatic carbocycles. The summed E-state index contributed by atoms with van der Waals surface area (Å²) in [6.45, 7) is 1.81. The van der Waals surface area contributed by atoms with E-state index in [0.717, 1.165) is 22.2 Å². The molecule has 0 aliphatic carbocycles. The molecule has 8 heteroatoms. The highest BCUT2D eigenvalue weighted by Gasteiger charge is 2.18. The Labute approximate surface area is 175 Å². The predicted molar refractivity (Wildman–Crippen MR) is 115 cm³/mol. The number of anilines is 1. The monoisotopic (exact) mass is 423 g/mol. The van der Waals surface area contributed by atoms with Crippen molar-refractivity contribution < 1.29 is 13.4 Å². The molecular formula is C22H18FN3O3S. The minimum Gasteiger partial charge on any atom is -0.593 e. The zero-order valence-corrected chi connectivity index (χ0v) is 17.1. The minimum absolute atomic E-state index is 0.0332. The quantitative estimate of drug-likeness (QED) is 0.385. The third-order valence-electron chi connectivity index (χ3n) is 4.82. The molecule has 4 rings (SSSR count). The van der Waals surface area contributed by atoms with E-state index in [2.05, 4.69) is 14.7 Å². The SMILES string of the molecule is Cc1c(Cc2ccnc(N[S+](C)[O-])c2F)c(=O)oc2cc(-c3ccccn3)ccc12. The smallest absolute Gasteiger partial charge is 0.340 e. The van der Waals surface area contributed by atoms with Crippen LogP contribution in [0, 0.1) is 12.7 Å². The normalized spacial score (nSPS) is 12.1. The van der Waals surface area contributed by atoms with E-state index in [0.29, 0.717) is 11.1 Å². The van der Waals surface area contributed by atoms with Gasteiger partial charge >= 0.3 is 5.63 Å². The Balaban J connectivity index is 1.75. The van der Waals surface area contributed by atoms with Crippen LogP contribution in [0.5, 0.6) is 0 Å². The van der Waals surface area contributed by atoms with Crippen LogP contribution in [-0.4, -0.2) is 20.8 Å². The molecule has 0 amide bonds. The van der Waals surface area contributed by atoms with E-state index in [1.54, 1.807) is 12.3 Å². The molecule has 0 bridgehead atoms. The lowest BCUT2D eigenvalue weighted by Crippen LogP contribution is -2.15. The highest BCUT2D eigenvalue weighted by atomic mass is 32.2. The molecule has 0 radical (unpaired) electrons. The molecule has 4 aromatic rings. The van der Waals surface area contributed by atoms with Crippen molar-refractivity contribution in [1.82, 2.24) is 9.97 Å². The van der Waals surface area contributed by atoms with Crippen molar-refractivity contribution in [2.75, 3.05) is 11.0 Å². The standard InChI is InChI=1S/C22H18FN3O3S/c1-13-16-7-6-14(18-5-3-4-9-24-18)12-19(16)29-22(27)17(13)11-15-8-10-25-21(20(15)23)26-30(2)28/h3-10,12H,11H2,1-2H3,(H,25,26). The molecule has 0 saturated carbocycles. The van der Waals surface area contributed by atoms with Gasteiger partial charge < -0.3 is 8.97 Å². The highest BCUT2D eigenvalue weighted by Crippen LogP contribution is 2.27. The van der Waals surface area contributed by atoms with Gasteiger partial charge in [-0.1, -0.05) is 18.2 Å². The summed E-state index contributed by atoms with van der Waals surface area (Å²) in [6, 6.07) is 12.6. The van der Waals surface area contributed by atoms with Gasteiger partial charge in [0.25, 0.3) is 0 Å². The van der Waals surface area contributed by atoms with Gasteiger partial charge in [-0.05, 0) is 42.3 Å². The van der Waals surface area contributed by atoms with Crippen LogP contribution in [0.1, 0.15) is 16.7 Å². The van der Waals surface area contributed by atoms with Crippen LogP contribution in [0.25, 0.3) is 22.2 Å². The maximum Gasteiger partial charge on any atom is 0.340 e. The third-order valence-corrected chi connectivity index (χ3v) is 5.31. The number of aryl methyl sites for hydroxylation is 1. The highest BCUT2D eigenvalue weighted by molar-refractivity contribution is 7.92. The zero-order chi connectivity index (χ0) is 21.3. The van der Waals surface area contributed by atoms with Gasteiger partial charge in [-0.25, -0.2) is 14.2 Å². The summed E-state index contributed by atoms with van der Waals surface area (Å²) in [4.78, 5) is 20.9. The number of hydrogen-bond acceptors (Lipinski definition) is 6. The topological polar surface area (TPSA) is 91.1 Å². The average Bonchev–Trinajstić information content (AvgIpc) is 2.73. The van der Waals surface area contributed by atoms with Crippen LogP contribution in [0.15, 0.2) is 64.1 Å². The lowest BCUT2D eigenvalue weighted by atomic mass is 9.98. The molecule has 0 aliphatic rings. The maximum absolute atomic E-state index is 14.7. The van der Waals surface area contributed by atoms with Crippen LogP contribution in [0.2, 0.25) is 0 Å². The van der Waals surface area contributed by atoms with E-state index in [-0.39, 0.29) is 17.8 Å². The Morgan fingerprint density at radius 1 is 1.17 bits per heavy atom. The molecule has 1 N–H and O–H groups in total. The van der Waals surface area contributed by atoms with Crippen molar-refractivity contribution in [3.05, 3.63) is 87.8 Å². The molecule has 1 atom stereocenters. The summed E-state index contributed by atoms with van der Waals surface area (Å²) < 4.78 is 34.1. The van der Waals surface area contributed by atoms with Crippen molar-refractivity contribution in [3.63, 3.8) is 0 Å². The van der Waals surface area contributed by atoms with Crippen LogP contribution in [-0.2, 0) is 17.8 Å². The molecule has 0 saturated heterocycles. The maximum atomic E-state index is 14.7. The van der Waals surface area contributed by atoms with Gasteiger partial charge in [0.05, 0.1) is 17.1 Å². The third kappa shape index (κ3) is 3.92. The summed E-state index contributed by atoms with van der Waals surface area (Å²) >= 11 is -1.46. The molecule has 3 aromatic heterocycles. The molecule has 152 valence electrons. The fourth-order valence-corrected chi connectivity index (χ4v) is 3.72. The van der Waals surface area contributed by atoms with Crippen LogP contribution in [0.3, 0.4) is 0 Å². The van der Waals surface area contributed by atoms with Gasteiger partial charge in [-0.3, -0.25) is 4.98 Å². The van der Waals surface area contributed by atoms with E-state index in [1.165, 1.54) is 18.5 Å². The lowest BCUT2D eigenvalue weighted by molar-refractivity contribution is 0.549. The van der Waals surface area contributed by atoms with Crippen molar-refractivity contribution >= 4 is 28.1 Å². The Morgan fingerprint density at radius 3 is 2.73 bits per heavy atom. The number of hydrogen-bond donors (Lipinski definition) is 1. The summed E-state index contributed by atoms with van der Waals surface area (Å²) in [5.74, 6) is -0.756. The Kier molecular flexibility index (Phi) is 5.52.